The number of fused-ring (bicyclic) bond motifs is 3. The molecule has 0 radical (unpaired) electrons. The number of carboxylic acid groups (broad SMARTS) is 1. The number of hydrogen-bond acceptors (Lipinski definition) is 4. The van der Waals surface area contributed by atoms with Gasteiger partial charge in [-0.25, -0.2) is 14.6 Å². The Hall–Kier alpha value is -2.87. The van der Waals surface area contributed by atoms with Gasteiger partial charge in [0.25, 0.3) is 0 Å². The van der Waals surface area contributed by atoms with Crippen LogP contribution in [0.4, 0.5) is 10.5 Å². The molecule has 2 aliphatic heterocycles. The summed E-state index contributed by atoms with van der Waals surface area (Å²) in [6, 6.07) is 7.45. The number of rotatable bonds is 1. The first-order chi connectivity index (χ1) is 14.0. The van der Waals surface area contributed by atoms with E-state index in [1.807, 2.05) is 63.5 Å². The van der Waals surface area contributed by atoms with Gasteiger partial charge in [0.15, 0.2) is 5.69 Å². The molecule has 0 atom stereocenters. The van der Waals surface area contributed by atoms with E-state index < -0.39 is 11.5 Å². The van der Waals surface area contributed by atoms with E-state index in [4.69, 9.17) is 4.74 Å². The number of aromatic nitrogens is 2. The quantitative estimate of drug-likeness (QED) is 0.776. The van der Waals surface area contributed by atoms with Crippen molar-refractivity contribution in [3.63, 3.8) is 0 Å². The first-order valence-electron chi connectivity index (χ1n) is 10.2. The van der Waals surface area contributed by atoms with Gasteiger partial charge in [-0.05, 0) is 26.0 Å². The van der Waals surface area contributed by atoms with Gasteiger partial charge in [-0.3, -0.25) is 9.47 Å². The fourth-order valence-electron chi connectivity index (χ4n) is 4.36. The van der Waals surface area contributed by atoms with Gasteiger partial charge in [0, 0.05) is 18.5 Å². The molecule has 1 aromatic heterocycles. The van der Waals surface area contributed by atoms with Crippen LogP contribution in [0.1, 0.15) is 56.6 Å². The number of carboxylic acids is 1. The fraction of sp³-hybridized carbons (Fsp3) is 0.500. The average Bonchev–Trinajstić information content (AvgIpc) is 3.11. The Morgan fingerprint density at radius 3 is 2.27 bits per heavy atom. The lowest BCUT2D eigenvalue weighted by molar-refractivity contribution is 0.0535. The second-order valence-corrected chi connectivity index (χ2v) is 9.29. The standard InChI is InChI=1S/C22H28N4O4/c1-21(2,3)19-23-16(18(27)28)17-22(4,5)26(20(29)24-10-12-30-13-11-24)15-9-7-6-8-14(15)25(17)19/h6-9H,10-13H2,1-5H3,(H,27,28). The minimum absolute atomic E-state index is 0.0146. The van der Waals surface area contributed by atoms with Crippen molar-refractivity contribution in [2.75, 3.05) is 31.2 Å². The number of amides is 2. The number of benzene rings is 1. The summed E-state index contributed by atoms with van der Waals surface area (Å²) < 4.78 is 7.33. The summed E-state index contributed by atoms with van der Waals surface area (Å²) in [5, 5.41) is 9.97. The third kappa shape index (κ3) is 2.98. The van der Waals surface area contributed by atoms with E-state index >= 15 is 0 Å². The molecule has 0 spiro atoms. The second kappa shape index (κ2) is 6.84. The molecule has 1 N–H and O–H groups in total. The van der Waals surface area contributed by atoms with E-state index in [-0.39, 0.29) is 17.1 Å². The van der Waals surface area contributed by atoms with Gasteiger partial charge >= 0.3 is 12.0 Å². The topological polar surface area (TPSA) is 87.9 Å². The summed E-state index contributed by atoms with van der Waals surface area (Å²) in [6.45, 7) is 11.8. The number of hydrogen-bond donors (Lipinski definition) is 1. The molecule has 0 aliphatic carbocycles. The third-order valence-electron chi connectivity index (χ3n) is 5.73. The van der Waals surface area contributed by atoms with Gasteiger partial charge in [-0.15, -0.1) is 0 Å². The monoisotopic (exact) mass is 412 g/mol. The number of carbonyl (C=O) groups excluding carboxylic acids is 1. The molecule has 160 valence electrons. The van der Waals surface area contributed by atoms with Crippen LogP contribution in [0, 0.1) is 0 Å². The predicted octanol–water partition coefficient (Wildman–Crippen LogP) is 3.38. The summed E-state index contributed by atoms with van der Waals surface area (Å²) in [4.78, 5) is 33.9. The molecule has 0 saturated carbocycles. The van der Waals surface area contributed by atoms with Crippen molar-refractivity contribution >= 4 is 17.7 Å². The number of anilines is 1. The van der Waals surface area contributed by atoms with Gasteiger partial charge in [0.1, 0.15) is 5.82 Å². The Labute approximate surface area is 176 Å². The minimum atomic E-state index is -1.10. The number of morpholine rings is 1. The van der Waals surface area contributed by atoms with Crippen LogP contribution in [0.5, 0.6) is 0 Å². The highest BCUT2D eigenvalue weighted by Gasteiger charge is 2.48. The Morgan fingerprint density at radius 1 is 1.10 bits per heavy atom. The molecule has 2 aromatic rings. The van der Waals surface area contributed by atoms with Crippen LogP contribution in [0.2, 0.25) is 0 Å². The van der Waals surface area contributed by atoms with Crippen LogP contribution in [0.25, 0.3) is 5.69 Å². The van der Waals surface area contributed by atoms with Crippen molar-refractivity contribution < 1.29 is 19.4 Å². The molecule has 8 heteroatoms. The predicted molar refractivity (Wildman–Crippen MR) is 113 cm³/mol. The molecule has 4 rings (SSSR count). The number of aromatic carboxylic acids is 1. The van der Waals surface area contributed by atoms with Crippen molar-refractivity contribution in [1.82, 2.24) is 14.5 Å². The number of nitrogens with zero attached hydrogens (tertiary/aromatic N) is 4. The van der Waals surface area contributed by atoms with Gasteiger partial charge in [-0.2, -0.15) is 0 Å². The van der Waals surface area contributed by atoms with E-state index in [0.717, 1.165) is 11.4 Å². The van der Waals surface area contributed by atoms with Crippen LogP contribution < -0.4 is 4.90 Å². The summed E-state index contributed by atoms with van der Waals surface area (Å²) in [6.07, 6.45) is 0. The molecular formula is C22H28N4O4. The molecule has 1 aromatic carbocycles. The van der Waals surface area contributed by atoms with E-state index in [1.165, 1.54) is 0 Å². The van der Waals surface area contributed by atoms with Crippen LogP contribution in [0.3, 0.4) is 0 Å². The lowest BCUT2D eigenvalue weighted by atomic mass is 9.90. The molecule has 30 heavy (non-hydrogen) atoms. The highest BCUT2D eigenvalue weighted by molar-refractivity contribution is 5.98. The van der Waals surface area contributed by atoms with Crippen molar-refractivity contribution in [2.24, 2.45) is 0 Å². The first kappa shape index (κ1) is 20.4. The van der Waals surface area contributed by atoms with Crippen LogP contribution in [-0.4, -0.2) is 57.9 Å². The number of carbonyl (C=O) groups is 2. The molecule has 0 unspecified atom stereocenters. The number of imidazole rings is 1. The highest BCUT2D eigenvalue weighted by Crippen LogP contribution is 2.46. The van der Waals surface area contributed by atoms with Gasteiger partial charge in [0.05, 0.1) is 35.8 Å². The molecule has 3 heterocycles. The number of ether oxygens (including phenoxy) is 1. The minimum Gasteiger partial charge on any atom is -0.476 e. The lowest BCUT2D eigenvalue weighted by Crippen LogP contribution is -2.57. The average molecular weight is 412 g/mol. The SMILES string of the molecule is CC(C)(C)c1nc(C(=O)O)c2n1-c1ccccc1N(C(=O)N1CCOCC1)C2(C)C. The largest absolute Gasteiger partial charge is 0.476 e. The van der Waals surface area contributed by atoms with Crippen LogP contribution in [-0.2, 0) is 15.7 Å². The Bertz CT molecular complexity index is 1010. The van der Waals surface area contributed by atoms with Crippen molar-refractivity contribution in [2.45, 2.75) is 45.6 Å². The molecule has 2 amide bonds. The van der Waals surface area contributed by atoms with Crippen molar-refractivity contribution in [3.05, 3.63) is 41.5 Å². The summed E-state index contributed by atoms with van der Waals surface area (Å²) in [5.41, 5.74) is 0.694. The first-order valence-corrected chi connectivity index (χ1v) is 10.2. The molecule has 8 nitrogen and oxygen atoms in total. The van der Waals surface area contributed by atoms with Gasteiger partial charge in [0.2, 0.25) is 0 Å². The molecule has 0 bridgehead atoms. The summed E-state index contributed by atoms with van der Waals surface area (Å²) >= 11 is 0. The second-order valence-electron chi connectivity index (χ2n) is 9.29. The lowest BCUT2D eigenvalue weighted by Gasteiger charge is -2.46. The van der Waals surface area contributed by atoms with Crippen molar-refractivity contribution in [3.8, 4) is 5.69 Å². The Balaban J connectivity index is 1.99. The summed E-state index contributed by atoms with van der Waals surface area (Å²) in [7, 11) is 0. The van der Waals surface area contributed by atoms with E-state index in [9.17, 15) is 14.7 Å². The maximum Gasteiger partial charge on any atom is 0.356 e. The maximum absolute atomic E-state index is 13.6. The number of urea groups is 1. The fourth-order valence-corrected chi connectivity index (χ4v) is 4.36. The Morgan fingerprint density at radius 2 is 1.70 bits per heavy atom. The number of para-hydroxylation sites is 2. The molecule has 1 fully saturated rings. The van der Waals surface area contributed by atoms with Crippen molar-refractivity contribution in [1.29, 1.82) is 0 Å². The smallest absolute Gasteiger partial charge is 0.356 e. The van der Waals surface area contributed by atoms with E-state index in [2.05, 4.69) is 4.98 Å². The zero-order valence-electron chi connectivity index (χ0n) is 18.1. The molecular weight excluding hydrogens is 384 g/mol. The maximum atomic E-state index is 13.6. The van der Waals surface area contributed by atoms with Crippen LogP contribution in [0.15, 0.2) is 24.3 Å². The normalized spacial score (nSPS) is 18.0. The molecule has 1 saturated heterocycles. The van der Waals surface area contributed by atoms with Crippen LogP contribution >= 0.6 is 0 Å². The van der Waals surface area contributed by atoms with Gasteiger partial charge < -0.3 is 14.7 Å². The van der Waals surface area contributed by atoms with E-state index in [1.54, 1.807) is 9.80 Å². The summed E-state index contributed by atoms with van der Waals surface area (Å²) in [5.74, 6) is -0.436. The van der Waals surface area contributed by atoms with Gasteiger partial charge in [-0.1, -0.05) is 32.9 Å². The Kier molecular flexibility index (Phi) is 4.65. The van der Waals surface area contributed by atoms with E-state index in [0.29, 0.717) is 37.8 Å². The third-order valence-corrected chi connectivity index (χ3v) is 5.73. The zero-order chi connectivity index (χ0) is 21.8. The molecule has 2 aliphatic rings. The highest BCUT2D eigenvalue weighted by atomic mass is 16.5. The zero-order valence-corrected chi connectivity index (χ0v) is 18.1.